The number of nitrogens with zero attached hydrogens (tertiary/aromatic N) is 2. The van der Waals surface area contributed by atoms with Gasteiger partial charge in [0.1, 0.15) is 11.5 Å². The van der Waals surface area contributed by atoms with Crippen LogP contribution in [0.2, 0.25) is 0 Å². The maximum Gasteiger partial charge on any atom is 0.251 e. The first-order valence-corrected chi connectivity index (χ1v) is 9.02. The third-order valence-corrected chi connectivity index (χ3v) is 5.67. The highest BCUT2D eigenvalue weighted by molar-refractivity contribution is 7.17. The number of amides is 4. The zero-order valence-electron chi connectivity index (χ0n) is 14.0. The van der Waals surface area contributed by atoms with E-state index >= 15 is 0 Å². The maximum absolute atomic E-state index is 12.3. The second-order valence-corrected chi connectivity index (χ2v) is 7.22. The third-order valence-electron chi connectivity index (χ3n) is 4.54. The van der Waals surface area contributed by atoms with Gasteiger partial charge in [0.2, 0.25) is 17.7 Å². The summed E-state index contributed by atoms with van der Waals surface area (Å²) >= 11 is 1.33. The van der Waals surface area contributed by atoms with E-state index in [-0.39, 0.29) is 31.2 Å². The van der Waals surface area contributed by atoms with E-state index in [1.165, 1.54) is 11.3 Å². The minimum atomic E-state index is -0.578. The normalized spacial score (nSPS) is 17.7. The number of thiophene rings is 1. The summed E-state index contributed by atoms with van der Waals surface area (Å²) in [6.45, 7) is 4.20. The Morgan fingerprint density at radius 3 is 2.48 bits per heavy atom. The second kappa shape index (κ2) is 6.93. The molecule has 1 aromatic heterocycles. The number of likely N-dealkylation sites (N-methyl/N-ethyl adjacent to an activating group) is 1. The number of anilines is 1. The Bertz CT molecular complexity index is 742. The minimum Gasteiger partial charge on any atom is -0.365 e. The third kappa shape index (κ3) is 3.42. The molecule has 3 rings (SSSR count). The lowest BCUT2D eigenvalue weighted by atomic mass is 10.0. The van der Waals surface area contributed by atoms with E-state index in [1.54, 1.807) is 0 Å². The molecule has 4 amide bonds. The average molecular weight is 364 g/mol. The summed E-state index contributed by atoms with van der Waals surface area (Å²) in [7, 11) is 0. The summed E-state index contributed by atoms with van der Waals surface area (Å²) < 4.78 is 0. The predicted octanol–water partition coefficient (Wildman–Crippen LogP) is 0.313. The monoisotopic (exact) mass is 364 g/mol. The van der Waals surface area contributed by atoms with Gasteiger partial charge in [-0.25, -0.2) is 0 Å². The second-order valence-electron chi connectivity index (χ2n) is 6.11. The molecule has 0 radical (unpaired) electrons. The average Bonchev–Trinajstić information content (AvgIpc) is 3.08. The number of hydrogen-bond donors (Lipinski definition) is 2. The van der Waals surface area contributed by atoms with E-state index in [2.05, 4.69) is 17.1 Å². The summed E-state index contributed by atoms with van der Waals surface area (Å²) in [6.07, 6.45) is 0.981. The lowest BCUT2D eigenvalue weighted by molar-refractivity contribution is -0.141. The van der Waals surface area contributed by atoms with Crippen molar-refractivity contribution in [1.82, 2.24) is 9.80 Å². The van der Waals surface area contributed by atoms with Crippen molar-refractivity contribution in [2.24, 2.45) is 5.73 Å². The van der Waals surface area contributed by atoms with Crippen molar-refractivity contribution in [2.75, 3.05) is 25.0 Å². The Labute approximate surface area is 148 Å². The van der Waals surface area contributed by atoms with Crippen molar-refractivity contribution in [1.29, 1.82) is 0 Å². The van der Waals surface area contributed by atoms with Gasteiger partial charge in [0, 0.05) is 30.8 Å². The van der Waals surface area contributed by atoms with Gasteiger partial charge in [-0.15, -0.1) is 11.3 Å². The molecule has 2 aliphatic rings. The Hall–Kier alpha value is -2.26. The van der Waals surface area contributed by atoms with Crippen LogP contribution >= 0.6 is 11.3 Å². The van der Waals surface area contributed by atoms with Crippen LogP contribution in [0.5, 0.6) is 0 Å². The molecule has 1 saturated heterocycles. The maximum atomic E-state index is 12.3. The smallest absolute Gasteiger partial charge is 0.251 e. The highest BCUT2D eigenvalue weighted by Gasteiger charge is 2.32. The van der Waals surface area contributed by atoms with Gasteiger partial charge in [-0.2, -0.15) is 0 Å². The predicted molar refractivity (Wildman–Crippen MR) is 92.1 cm³/mol. The first-order valence-electron chi connectivity index (χ1n) is 8.20. The number of carbonyl (C=O) groups is 4. The van der Waals surface area contributed by atoms with Gasteiger partial charge in [0.05, 0.1) is 5.56 Å². The van der Waals surface area contributed by atoms with E-state index in [0.29, 0.717) is 17.0 Å². The number of nitrogens with two attached hydrogens (primary N) is 1. The molecule has 3 N–H and O–H groups in total. The number of nitrogens with one attached hydrogen (secondary N) is 1. The molecule has 0 saturated carbocycles. The first kappa shape index (κ1) is 17.6. The molecule has 1 aromatic rings. The molecule has 9 heteroatoms. The Morgan fingerprint density at radius 2 is 1.88 bits per heavy atom. The van der Waals surface area contributed by atoms with Crippen molar-refractivity contribution < 1.29 is 19.2 Å². The van der Waals surface area contributed by atoms with Crippen molar-refractivity contribution in [2.45, 2.75) is 32.7 Å². The van der Waals surface area contributed by atoms with Crippen molar-refractivity contribution in [3.8, 4) is 0 Å². The Kier molecular flexibility index (Phi) is 4.87. The lowest BCUT2D eigenvalue weighted by Gasteiger charge is -2.25. The van der Waals surface area contributed by atoms with Crippen LogP contribution in [-0.2, 0) is 27.3 Å². The van der Waals surface area contributed by atoms with E-state index in [4.69, 9.17) is 5.73 Å². The number of primary amides is 1. The topological polar surface area (TPSA) is 113 Å². The van der Waals surface area contributed by atoms with Crippen LogP contribution in [0.4, 0.5) is 5.00 Å². The van der Waals surface area contributed by atoms with Gasteiger partial charge in [-0.05, 0) is 18.5 Å². The van der Waals surface area contributed by atoms with Gasteiger partial charge in [0.25, 0.3) is 5.91 Å². The SMILES string of the molecule is CCN1CCc2c(sc(NC(=O)CN3C(=O)CCC3=O)c2C(N)=O)C1. The summed E-state index contributed by atoms with van der Waals surface area (Å²) in [4.78, 5) is 51.6. The summed E-state index contributed by atoms with van der Waals surface area (Å²) in [5, 5.41) is 3.07. The van der Waals surface area contributed by atoms with Crippen molar-refractivity contribution in [3.05, 3.63) is 16.0 Å². The standard InChI is InChI=1S/C16H20N4O4S/c1-2-19-6-5-9-10(7-19)25-16(14(9)15(17)24)18-11(21)8-20-12(22)3-4-13(20)23/h2-8H2,1H3,(H2,17,24)(H,18,21). The van der Waals surface area contributed by atoms with Crippen LogP contribution < -0.4 is 11.1 Å². The molecule has 25 heavy (non-hydrogen) atoms. The highest BCUT2D eigenvalue weighted by atomic mass is 32.1. The number of carbonyl (C=O) groups excluding carboxylic acids is 4. The van der Waals surface area contributed by atoms with Gasteiger partial charge in [0.15, 0.2) is 0 Å². The summed E-state index contributed by atoms with van der Waals surface area (Å²) in [5.74, 6) is -1.78. The van der Waals surface area contributed by atoms with E-state index < -0.39 is 11.8 Å². The molecule has 0 unspecified atom stereocenters. The van der Waals surface area contributed by atoms with Gasteiger partial charge < -0.3 is 11.1 Å². The highest BCUT2D eigenvalue weighted by Crippen LogP contribution is 2.36. The number of likely N-dealkylation sites (tertiary alicyclic amines) is 1. The lowest BCUT2D eigenvalue weighted by Crippen LogP contribution is -2.37. The molecule has 2 aliphatic heterocycles. The molecule has 1 fully saturated rings. The van der Waals surface area contributed by atoms with Gasteiger partial charge >= 0.3 is 0 Å². The number of hydrogen-bond acceptors (Lipinski definition) is 6. The number of rotatable bonds is 5. The van der Waals surface area contributed by atoms with E-state index in [1.807, 2.05) is 0 Å². The van der Waals surface area contributed by atoms with E-state index in [0.717, 1.165) is 35.0 Å². The molecule has 0 spiro atoms. The van der Waals surface area contributed by atoms with Crippen LogP contribution in [0.3, 0.4) is 0 Å². The van der Waals surface area contributed by atoms with Crippen LogP contribution in [0, 0.1) is 0 Å². The Balaban J connectivity index is 1.79. The minimum absolute atomic E-state index is 0.138. The van der Waals surface area contributed by atoms with Crippen molar-refractivity contribution in [3.63, 3.8) is 0 Å². The number of imide groups is 1. The fourth-order valence-corrected chi connectivity index (χ4v) is 4.50. The van der Waals surface area contributed by atoms with Crippen molar-refractivity contribution >= 4 is 40.0 Å². The Morgan fingerprint density at radius 1 is 1.20 bits per heavy atom. The summed E-state index contributed by atoms with van der Waals surface area (Å²) in [5.41, 5.74) is 6.76. The van der Waals surface area contributed by atoms with Crippen LogP contribution in [0.25, 0.3) is 0 Å². The molecular formula is C16H20N4O4S. The first-order chi connectivity index (χ1) is 11.9. The zero-order valence-corrected chi connectivity index (χ0v) is 14.8. The largest absolute Gasteiger partial charge is 0.365 e. The molecule has 0 bridgehead atoms. The van der Waals surface area contributed by atoms with Crippen LogP contribution in [0.1, 0.15) is 40.6 Å². The molecule has 0 aliphatic carbocycles. The molecular weight excluding hydrogens is 344 g/mol. The fraction of sp³-hybridized carbons (Fsp3) is 0.500. The van der Waals surface area contributed by atoms with Gasteiger partial charge in [-0.1, -0.05) is 6.92 Å². The van der Waals surface area contributed by atoms with E-state index in [9.17, 15) is 19.2 Å². The zero-order chi connectivity index (χ0) is 18.1. The molecule has 0 aromatic carbocycles. The quantitative estimate of drug-likeness (QED) is 0.730. The van der Waals surface area contributed by atoms with Gasteiger partial charge in [-0.3, -0.25) is 29.0 Å². The molecule has 0 atom stereocenters. The number of fused-ring (bicyclic) bond motifs is 1. The summed E-state index contributed by atoms with van der Waals surface area (Å²) in [6, 6.07) is 0. The molecule has 134 valence electrons. The van der Waals surface area contributed by atoms with Crippen LogP contribution in [0.15, 0.2) is 0 Å². The van der Waals surface area contributed by atoms with Crippen LogP contribution in [-0.4, -0.2) is 53.1 Å². The molecule has 3 heterocycles. The fourth-order valence-electron chi connectivity index (χ4n) is 3.18. The molecule has 8 nitrogen and oxygen atoms in total.